The van der Waals surface area contributed by atoms with Gasteiger partial charge in [-0.2, -0.15) is 0 Å². The number of aliphatic imine (C=N–C) groups is 1. The monoisotopic (exact) mass is 318 g/mol. The Morgan fingerprint density at radius 3 is 3.09 bits per heavy atom. The van der Waals surface area contributed by atoms with E-state index >= 15 is 0 Å². The van der Waals surface area contributed by atoms with Crippen molar-refractivity contribution in [1.29, 1.82) is 5.41 Å². The molecule has 0 aromatic heterocycles. The molecule has 5 nitrogen and oxygen atoms in total. The van der Waals surface area contributed by atoms with E-state index in [1.165, 1.54) is 5.57 Å². The third-order valence-electron chi connectivity index (χ3n) is 4.51. The Morgan fingerprint density at radius 2 is 2.36 bits per heavy atom. The molecule has 3 atom stereocenters. The summed E-state index contributed by atoms with van der Waals surface area (Å²) in [5, 5.41) is 13.8. The number of halogens is 1. The van der Waals surface area contributed by atoms with Gasteiger partial charge in [0.15, 0.2) is 0 Å². The molecule has 1 fully saturated rings. The molecule has 1 aliphatic carbocycles. The van der Waals surface area contributed by atoms with E-state index < -0.39 is 0 Å². The second-order valence-corrected chi connectivity index (χ2v) is 6.42. The van der Waals surface area contributed by atoms with Gasteiger partial charge in [0.25, 0.3) is 5.91 Å². The van der Waals surface area contributed by atoms with E-state index in [4.69, 9.17) is 17.0 Å². The molecule has 0 aromatic carbocycles. The van der Waals surface area contributed by atoms with Crippen molar-refractivity contribution in [1.82, 2.24) is 10.6 Å². The highest BCUT2D eigenvalue weighted by molar-refractivity contribution is 6.31. The van der Waals surface area contributed by atoms with Crippen molar-refractivity contribution in [3.05, 3.63) is 34.0 Å². The molecule has 1 saturated heterocycles. The average molecular weight is 319 g/mol. The quantitative estimate of drug-likeness (QED) is 0.697. The van der Waals surface area contributed by atoms with Gasteiger partial charge in [-0.3, -0.25) is 4.79 Å². The number of amidine groups is 1. The van der Waals surface area contributed by atoms with Crippen molar-refractivity contribution >= 4 is 29.6 Å². The fourth-order valence-electron chi connectivity index (χ4n) is 3.42. The maximum atomic E-state index is 12.2. The third kappa shape index (κ3) is 2.39. The molecule has 1 amide bonds. The van der Waals surface area contributed by atoms with Crippen LogP contribution in [0.5, 0.6) is 0 Å². The van der Waals surface area contributed by atoms with Gasteiger partial charge in [-0.25, -0.2) is 4.99 Å². The predicted octanol–water partition coefficient (Wildman–Crippen LogP) is 2.12. The molecule has 3 aliphatic rings. The SMILES string of the molecule is CC1=CN=C2NC3C(C)=C(C(=O)NCC=N)C=C(Cl)C3C2C1. The predicted molar refractivity (Wildman–Crippen MR) is 88.1 cm³/mol. The number of nitrogens with zero attached hydrogens (tertiary/aromatic N) is 1. The number of carbonyl (C=O) groups excluding carboxylic acids is 1. The highest BCUT2D eigenvalue weighted by Crippen LogP contribution is 2.44. The molecule has 2 heterocycles. The van der Waals surface area contributed by atoms with Gasteiger partial charge in [0.2, 0.25) is 0 Å². The first kappa shape index (κ1) is 15.0. The number of hydrogen-bond donors (Lipinski definition) is 3. The van der Waals surface area contributed by atoms with Crippen molar-refractivity contribution in [2.24, 2.45) is 16.8 Å². The van der Waals surface area contributed by atoms with E-state index in [1.54, 1.807) is 6.08 Å². The Kier molecular flexibility index (Phi) is 3.91. The van der Waals surface area contributed by atoms with Gasteiger partial charge in [-0.05, 0) is 31.9 Å². The number of allylic oxidation sites excluding steroid dienone is 1. The van der Waals surface area contributed by atoms with Gasteiger partial charge >= 0.3 is 0 Å². The van der Waals surface area contributed by atoms with Crippen LogP contribution < -0.4 is 10.6 Å². The number of carbonyl (C=O) groups is 1. The lowest BCUT2D eigenvalue weighted by molar-refractivity contribution is -0.117. The molecule has 3 N–H and O–H groups in total. The molecule has 3 unspecified atom stereocenters. The van der Waals surface area contributed by atoms with Crippen LogP contribution in [0.1, 0.15) is 20.3 Å². The van der Waals surface area contributed by atoms with E-state index in [0.29, 0.717) is 10.6 Å². The zero-order valence-electron chi connectivity index (χ0n) is 12.6. The van der Waals surface area contributed by atoms with Crippen LogP contribution in [0.25, 0.3) is 0 Å². The summed E-state index contributed by atoms with van der Waals surface area (Å²) in [4.78, 5) is 16.7. The molecule has 0 aromatic rings. The van der Waals surface area contributed by atoms with Crippen molar-refractivity contribution in [3.8, 4) is 0 Å². The highest BCUT2D eigenvalue weighted by Gasteiger charge is 2.46. The Labute approximate surface area is 134 Å². The number of fused-ring (bicyclic) bond motifs is 3. The largest absolute Gasteiger partial charge is 0.366 e. The minimum Gasteiger partial charge on any atom is -0.366 e. The van der Waals surface area contributed by atoms with Crippen LogP contribution in [-0.4, -0.2) is 30.5 Å². The molecule has 0 bridgehead atoms. The molecule has 0 saturated carbocycles. The van der Waals surface area contributed by atoms with Gasteiger partial charge in [-0.1, -0.05) is 17.2 Å². The summed E-state index contributed by atoms with van der Waals surface area (Å²) in [5.41, 5.74) is 2.81. The van der Waals surface area contributed by atoms with Crippen molar-refractivity contribution < 1.29 is 4.79 Å². The highest BCUT2D eigenvalue weighted by atomic mass is 35.5. The second-order valence-electron chi connectivity index (χ2n) is 5.99. The van der Waals surface area contributed by atoms with Crippen LogP contribution in [0, 0.1) is 17.2 Å². The van der Waals surface area contributed by atoms with Crippen LogP contribution in [0.2, 0.25) is 0 Å². The van der Waals surface area contributed by atoms with Crippen molar-refractivity contribution in [3.63, 3.8) is 0 Å². The molecule has 6 heteroatoms. The van der Waals surface area contributed by atoms with Crippen molar-refractivity contribution in [2.75, 3.05) is 6.54 Å². The maximum absolute atomic E-state index is 12.2. The van der Waals surface area contributed by atoms with Crippen LogP contribution in [0.4, 0.5) is 0 Å². The molecule has 0 radical (unpaired) electrons. The zero-order valence-corrected chi connectivity index (χ0v) is 13.4. The van der Waals surface area contributed by atoms with E-state index in [-0.39, 0.29) is 30.3 Å². The smallest absolute Gasteiger partial charge is 0.251 e. The van der Waals surface area contributed by atoms with Gasteiger partial charge in [-0.15, -0.1) is 0 Å². The molecule has 0 spiro atoms. The molecule has 116 valence electrons. The summed E-state index contributed by atoms with van der Waals surface area (Å²) in [5.74, 6) is 1.18. The maximum Gasteiger partial charge on any atom is 0.251 e. The Hall–Kier alpha value is -1.88. The minimum atomic E-state index is -0.189. The first-order valence-electron chi connectivity index (χ1n) is 7.37. The third-order valence-corrected chi connectivity index (χ3v) is 4.88. The number of rotatable bonds is 3. The topological polar surface area (TPSA) is 77.3 Å². The van der Waals surface area contributed by atoms with Gasteiger partial charge in [0.05, 0.1) is 12.6 Å². The molecule has 22 heavy (non-hydrogen) atoms. The van der Waals surface area contributed by atoms with Crippen LogP contribution in [0.3, 0.4) is 0 Å². The van der Waals surface area contributed by atoms with Crippen molar-refractivity contribution in [2.45, 2.75) is 26.3 Å². The normalized spacial score (nSPS) is 29.6. The standard InChI is InChI=1S/C16H19ClN4O/c1-8-5-11-13-12(17)6-10(16(22)19-4-3-18)9(2)14(13)21-15(11)20-7-8/h3,6-7,11,13-14,18H,4-5H2,1-2H3,(H,19,22)(H,20,21). The summed E-state index contributed by atoms with van der Waals surface area (Å²) in [6.07, 6.45) is 5.77. The average Bonchev–Trinajstić information content (AvgIpc) is 2.87. The lowest BCUT2D eigenvalue weighted by atomic mass is 9.78. The number of hydrogen-bond acceptors (Lipinski definition) is 4. The fourth-order valence-corrected chi connectivity index (χ4v) is 3.81. The van der Waals surface area contributed by atoms with Gasteiger partial charge in [0, 0.05) is 34.9 Å². The lowest BCUT2D eigenvalue weighted by Gasteiger charge is -2.29. The Balaban J connectivity index is 1.91. The lowest BCUT2D eigenvalue weighted by Crippen LogP contribution is -2.36. The summed E-state index contributed by atoms with van der Waals surface area (Å²) < 4.78 is 0. The zero-order chi connectivity index (χ0) is 15.9. The van der Waals surface area contributed by atoms with Crippen LogP contribution >= 0.6 is 11.6 Å². The molecule has 3 rings (SSSR count). The van der Waals surface area contributed by atoms with Crippen LogP contribution in [0.15, 0.2) is 39.0 Å². The van der Waals surface area contributed by atoms with E-state index in [9.17, 15) is 4.79 Å². The molecular weight excluding hydrogens is 300 g/mol. The molecule has 2 aliphatic heterocycles. The summed E-state index contributed by atoms with van der Waals surface area (Å²) in [7, 11) is 0. The van der Waals surface area contributed by atoms with Crippen LogP contribution in [-0.2, 0) is 4.79 Å². The first-order valence-corrected chi connectivity index (χ1v) is 7.75. The van der Waals surface area contributed by atoms with E-state index in [0.717, 1.165) is 24.0 Å². The Bertz CT molecular complexity index is 659. The Morgan fingerprint density at radius 1 is 1.59 bits per heavy atom. The van der Waals surface area contributed by atoms with E-state index in [2.05, 4.69) is 22.5 Å². The number of amides is 1. The summed E-state index contributed by atoms with van der Waals surface area (Å²) >= 11 is 6.51. The second kappa shape index (κ2) is 5.72. The van der Waals surface area contributed by atoms with Gasteiger partial charge < -0.3 is 16.0 Å². The molecular formula is C16H19ClN4O. The minimum absolute atomic E-state index is 0.0151. The summed E-state index contributed by atoms with van der Waals surface area (Å²) in [6, 6.07) is 0.0151. The summed E-state index contributed by atoms with van der Waals surface area (Å²) in [6.45, 7) is 4.26. The van der Waals surface area contributed by atoms with Gasteiger partial charge in [0.1, 0.15) is 5.84 Å². The van der Waals surface area contributed by atoms with E-state index in [1.807, 2.05) is 13.1 Å². The number of nitrogens with one attached hydrogen (secondary N) is 3. The first-order chi connectivity index (χ1) is 10.5. The fraction of sp³-hybridized carbons (Fsp3) is 0.438.